The number of carbonyl (C=O) groups excluding carboxylic acids is 3. The molecule has 0 aliphatic carbocycles. The molecule has 3 atom stereocenters. The van der Waals surface area contributed by atoms with E-state index in [4.69, 9.17) is 9.47 Å². The van der Waals surface area contributed by atoms with Crippen LogP contribution in [-0.2, 0) is 14.3 Å². The Hall–Kier alpha value is -2.72. The summed E-state index contributed by atoms with van der Waals surface area (Å²) in [5.74, 6) is 0.284. The summed E-state index contributed by atoms with van der Waals surface area (Å²) in [6, 6.07) is 2.61. The van der Waals surface area contributed by atoms with E-state index in [0.717, 1.165) is 6.54 Å². The number of ether oxygens (including phenoxy) is 2. The van der Waals surface area contributed by atoms with Crippen molar-refractivity contribution < 1.29 is 23.9 Å². The fourth-order valence-corrected chi connectivity index (χ4v) is 4.97. The molecule has 180 valence electrons. The molecule has 10 heteroatoms. The number of nitrogens with zero attached hydrogens (tertiary/aromatic N) is 4. The minimum absolute atomic E-state index is 0.00143. The molecule has 0 radical (unpaired) electrons. The monoisotopic (exact) mass is 459 g/mol. The summed E-state index contributed by atoms with van der Waals surface area (Å²) >= 11 is 0. The van der Waals surface area contributed by atoms with E-state index < -0.39 is 0 Å². The highest BCUT2D eigenvalue weighted by atomic mass is 16.5. The van der Waals surface area contributed by atoms with Gasteiger partial charge in [-0.1, -0.05) is 13.8 Å². The van der Waals surface area contributed by atoms with Crippen molar-refractivity contribution in [2.24, 2.45) is 5.92 Å². The number of fused-ring (bicyclic) bond motifs is 4. The highest BCUT2D eigenvalue weighted by Gasteiger charge is 2.43. The van der Waals surface area contributed by atoms with E-state index in [0.29, 0.717) is 44.1 Å². The molecule has 0 unspecified atom stereocenters. The van der Waals surface area contributed by atoms with Crippen molar-refractivity contribution in [2.75, 3.05) is 53.0 Å². The molecule has 2 fully saturated rings. The zero-order chi connectivity index (χ0) is 23.5. The number of likely N-dealkylation sites (tertiary alicyclic amines) is 1. The molecule has 0 aromatic carbocycles. The highest BCUT2D eigenvalue weighted by molar-refractivity contribution is 5.96. The number of hydrogen-bond donors (Lipinski definition) is 1. The van der Waals surface area contributed by atoms with Crippen LogP contribution in [0.1, 0.15) is 30.6 Å². The molecule has 4 rings (SSSR count). The van der Waals surface area contributed by atoms with Crippen LogP contribution < -0.4 is 10.1 Å². The van der Waals surface area contributed by atoms with Crippen LogP contribution in [0.25, 0.3) is 0 Å². The van der Waals surface area contributed by atoms with Crippen molar-refractivity contribution >= 4 is 17.7 Å². The second-order valence-electron chi connectivity index (χ2n) is 9.39. The van der Waals surface area contributed by atoms with Gasteiger partial charge in [0.2, 0.25) is 17.7 Å². The number of amides is 3. The normalized spacial score (nSPS) is 26.1. The van der Waals surface area contributed by atoms with Gasteiger partial charge >= 0.3 is 0 Å². The van der Waals surface area contributed by atoms with Gasteiger partial charge in [-0.05, 0) is 24.5 Å². The predicted octanol–water partition coefficient (Wildman–Crippen LogP) is -0.0115. The molecule has 1 aromatic heterocycles. The van der Waals surface area contributed by atoms with Crippen molar-refractivity contribution in [1.82, 2.24) is 25.0 Å². The van der Waals surface area contributed by atoms with E-state index in [-0.39, 0.29) is 54.9 Å². The Morgan fingerprint density at radius 1 is 1.30 bits per heavy atom. The average Bonchev–Trinajstić information content (AvgIpc) is 3.18. The van der Waals surface area contributed by atoms with Crippen LogP contribution in [0, 0.1) is 5.92 Å². The lowest BCUT2D eigenvalue weighted by Crippen LogP contribution is -2.61. The molecule has 0 spiro atoms. The fraction of sp³-hybridized carbons (Fsp3) is 0.652. The number of nitrogens with one attached hydrogen (secondary N) is 1. The summed E-state index contributed by atoms with van der Waals surface area (Å²) in [5.41, 5.74) is 0.373. The Bertz CT molecular complexity index is 894. The SMILES string of the molecule is COCC(=O)N1CCN2C(=O)[C@@H]3C[C@@H](CN3CC(C)C)NC(=O)c3cccnc3OC[C@@H]2C1. The molecule has 10 nitrogen and oxygen atoms in total. The van der Waals surface area contributed by atoms with E-state index in [9.17, 15) is 14.4 Å². The Morgan fingerprint density at radius 3 is 2.88 bits per heavy atom. The van der Waals surface area contributed by atoms with E-state index in [2.05, 4.69) is 29.0 Å². The predicted molar refractivity (Wildman–Crippen MR) is 120 cm³/mol. The average molecular weight is 460 g/mol. The number of aromatic nitrogens is 1. The van der Waals surface area contributed by atoms with Crippen molar-refractivity contribution in [1.29, 1.82) is 0 Å². The molecule has 0 saturated carbocycles. The summed E-state index contributed by atoms with van der Waals surface area (Å²) in [6.07, 6.45) is 2.13. The van der Waals surface area contributed by atoms with Gasteiger partial charge in [0.1, 0.15) is 18.8 Å². The van der Waals surface area contributed by atoms with Gasteiger partial charge in [0.25, 0.3) is 5.91 Å². The minimum Gasteiger partial charge on any atom is -0.475 e. The standard InChI is InChI=1S/C23H33N5O5/c1-15(2)10-27-11-16-9-19(27)23(31)28-8-7-26(20(29)14-32-3)12-17(28)13-33-22-18(21(30)25-16)5-4-6-24-22/h4-6,15-17,19H,7-14H2,1-3H3,(H,25,30)/t16-,17-,19-/m0/s1. The van der Waals surface area contributed by atoms with Gasteiger partial charge in [-0.25, -0.2) is 4.98 Å². The number of rotatable bonds is 4. The molecule has 1 aromatic rings. The first-order chi connectivity index (χ1) is 15.9. The number of carbonyl (C=O) groups is 3. The number of pyridine rings is 1. The Balaban J connectivity index is 1.65. The highest BCUT2D eigenvalue weighted by Crippen LogP contribution is 2.26. The van der Waals surface area contributed by atoms with Gasteiger partial charge in [0, 0.05) is 52.1 Å². The molecule has 2 saturated heterocycles. The largest absolute Gasteiger partial charge is 0.475 e. The third-order valence-corrected chi connectivity index (χ3v) is 6.44. The van der Waals surface area contributed by atoms with Crippen molar-refractivity contribution in [3.63, 3.8) is 0 Å². The molecular weight excluding hydrogens is 426 g/mol. The van der Waals surface area contributed by atoms with E-state index in [1.54, 1.807) is 23.2 Å². The molecule has 1 N–H and O–H groups in total. The van der Waals surface area contributed by atoms with Gasteiger partial charge in [-0.2, -0.15) is 0 Å². The van der Waals surface area contributed by atoms with Crippen LogP contribution in [0.15, 0.2) is 18.3 Å². The lowest BCUT2D eigenvalue weighted by atomic mass is 10.1. The van der Waals surface area contributed by atoms with Crippen molar-refractivity contribution in [2.45, 2.75) is 38.4 Å². The Kier molecular flexibility index (Phi) is 7.14. The first-order valence-corrected chi connectivity index (χ1v) is 11.6. The maximum Gasteiger partial charge on any atom is 0.257 e. The quantitative estimate of drug-likeness (QED) is 0.675. The van der Waals surface area contributed by atoms with Gasteiger partial charge in [-0.3, -0.25) is 19.3 Å². The number of methoxy groups -OCH3 is 1. The zero-order valence-electron chi connectivity index (χ0n) is 19.5. The number of piperazine rings is 1. The summed E-state index contributed by atoms with van der Waals surface area (Å²) in [4.78, 5) is 49.2. The van der Waals surface area contributed by atoms with Crippen LogP contribution in [0.4, 0.5) is 0 Å². The lowest BCUT2D eigenvalue weighted by Gasteiger charge is -2.43. The Labute approximate surface area is 194 Å². The lowest BCUT2D eigenvalue weighted by molar-refractivity contribution is -0.148. The van der Waals surface area contributed by atoms with Crippen LogP contribution in [0.5, 0.6) is 5.88 Å². The molecule has 3 aliphatic rings. The number of hydrogen-bond acceptors (Lipinski definition) is 7. The topological polar surface area (TPSA) is 104 Å². The van der Waals surface area contributed by atoms with E-state index in [1.807, 2.05) is 4.90 Å². The molecular formula is C23H33N5O5. The van der Waals surface area contributed by atoms with Crippen LogP contribution in [0.2, 0.25) is 0 Å². The Morgan fingerprint density at radius 2 is 2.12 bits per heavy atom. The molecule has 33 heavy (non-hydrogen) atoms. The summed E-state index contributed by atoms with van der Waals surface area (Å²) in [6.45, 7) is 7.01. The van der Waals surface area contributed by atoms with Crippen molar-refractivity contribution in [3.05, 3.63) is 23.9 Å². The first-order valence-electron chi connectivity index (χ1n) is 11.6. The van der Waals surface area contributed by atoms with Crippen LogP contribution >= 0.6 is 0 Å². The second-order valence-corrected chi connectivity index (χ2v) is 9.39. The fourth-order valence-electron chi connectivity index (χ4n) is 4.97. The van der Waals surface area contributed by atoms with Gasteiger partial charge in [0.15, 0.2) is 0 Å². The van der Waals surface area contributed by atoms with Crippen LogP contribution in [-0.4, -0.2) is 109 Å². The van der Waals surface area contributed by atoms with Crippen LogP contribution in [0.3, 0.4) is 0 Å². The summed E-state index contributed by atoms with van der Waals surface area (Å²) < 4.78 is 11.0. The van der Waals surface area contributed by atoms with Gasteiger partial charge in [-0.15, -0.1) is 0 Å². The zero-order valence-corrected chi connectivity index (χ0v) is 19.5. The third kappa shape index (κ3) is 5.11. The second kappa shape index (κ2) is 10.0. The molecule has 3 amide bonds. The third-order valence-electron chi connectivity index (χ3n) is 6.44. The summed E-state index contributed by atoms with van der Waals surface area (Å²) in [7, 11) is 1.49. The maximum atomic E-state index is 13.7. The maximum absolute atomic E-state index is 13.7. The molecule has 4 heterocycles. The minimum atomic E-state index is -0.343. The van der Waals surface area contributed by atoms with E-state index >= 15 is 0 Å². The van der Waals surface area contributed by atoms with Gasteiger partial charge in [0.05, 0.1) is 12.1 Å². The smallest absolute Gasteiger partial charge is 0.257 e. The molecule has 3 aliphatic heterocycles. The van der Waals surface area contributed by atoms with E-state index in [1.165, 1.54) is 7.11 Å². The summed E-state index contributed by atoms with van der Waals surface area (Å²) in [5, 5.41) is 3.08. The molecule has 2 bridgehead atoms. The van der Waals surface area contributed by atoms with Gasteiger partial charge < -0.3 is 24.6 Å². The first kappa shape index (κ1) is 23.4. The van der Waals surface area contributed by atoms with Crippen molar-refractivity contribution in [3.8, 4) is 5.88 Å².